The van der Waals surface area contributed by atoms with Crippen LogP contribution in [0.3, 0.4) is 0 Å². The second-order valence-corrected chi connectivity index (χ2v) is 8.94. The van der Waals surface area contributed by atoms with E-state index < -0.39 is 0 Å². The predicted molar refractivity (Wildman–Crippen MR) is 130 cm³/mol. The first-order valence-corrected chi connectivity index (χ1v) is 12.2. The van der Waals surface area contributed by atoms with Crippen LogP contribution >= 0.6 is 0 Å². The first kappa shape index (κ1) is 23.0. The Kier molecular flexibility index (Phi) is 8.32. The van der Waals surface area contributed by atoms with Crippen molar-refractivity contribution in [2.24, 2.45) is 0 Å². The molecule has 2 aliphatic heterocycles. The molecule has 172 valence electrons. The van der Waals surface area contributed by atoms with Crippen molar-refractivity contribution >= 4 is 11.6 Å². The van der Waals surface area contributed by atoms with Crippen molar-refractivity contribution in [3.05, 3.63) is 65.7 Å². The molecule has 2 heterocycles. The molecule has 1 unspecified atom stereocenters. The Hall–Kier alpha value is -2.21. The number of nitrogens with zero attached hydrogens (tertiary/aromatic N) is 3. The van der Waals surface area contributed by atoms with Crippen molar-refractivity contribution in [2.45, 2.75) is 32.1 Å². The molecule has 0 N–H and O–H groups in total. The Morgan fingerprint density at radius 3 is 2.41 bits per heavy atom. The molecule has 0 aliphatic carbocycles. The Labute approximate surface area is 193 Å². The SMILES string of the molecule is CCCOCCN1CCN(CC(=O)N2CCCC(c3ccccc3)c3ccccc32)CC1. The maximum atomic E-state index is 13.4. The van der Waals surface area contributed by atoms with E-state index in [1.54, 1.807) is 0 Å². The van der Waals surface area contributed by atoms with Crippen LogP contribution in [0.2, 0.25) is 0 Å². The van der Waals surface area contributed by atoms with Crippen LogP contribution in [0.4, 0.5) is 5.69 Å². The van der Waals surface area contributed by atoms with Crippen LogP contribution in [0.1, 0.15) is 43.2 Å². The topological polar surface area (TPSA) is 36.0 Å². The van der Waals surface area contributed by atoms with Gasteiger partial charge in [-0.15, -0.1) is 0 Å². The highest BCUT2D eigenvalue weighted by Crippen LogP contribution is 2.38. The molecule has 1 fully saturated rings. The van der Waals surface area contributed by atoms with Gasteiger partial charge in [-0.05, 0) is 36.5 Å². The zero-order valence-corrected chi connectivity index (χ0v) is 19.4. The molecule has 0 aromatic heterocycles. The minimum atomic E-state index is 0.228. The average Bonchev–Trinajstić information content (AvgIpc) is 3.03. The summed E-state index contributed by atoms with van der Waals surface area (Å²) in [4.78, 5) is 20.2. The van der Waals surface area contributed by atoms with Gasteiger partial charge in [0.2, 0.25) is 5.91 Å². The number of rotatable bonds is 8. The Morgan fingerprint density at radius 1 is 0.906 bits per heavy atom. The van der Waals surface area contributed by atoms with Gasteiger partial charge in [0.05, 0.1) is 13.2 Å². The van der Waals surface area contributed by atoms with E-state index >= 15 is 0 Å². The van der Waals surface area contributed by atoms with Gasteiger partial charge >= 0.3 is 0 Å². The highest BCUT2D eigenvalue weighted by Gasteiger charge is 2.28. The van der Waals surface area contributed by atoms with Crippen molar-refractivity contribution in [2.75, 3.05) is 63.9 Å². The number of fused-ring (bicyclic) bond motifs is 1. The number of benzene rings is 2. The van der Waals surface area contributed by atoms with E-state index in [0.717, 1.165) is 77.4 Å². The van der Waals surface area contributed by atoms with Gasteiger partial charge in [0.15, 0.2) is 0 Å². The minimum Gasteiger partial charge on any atom is -0.380 e. The van der Waals surface area contributed by atoms with Crippen molar-refractivity contribution in [1.29, 1.82) is 0 Å². The lowest BCUT2D eigenvalue weighted by Crippen LogP contribution is -2.50. The van der Waals surface area contributed by atoms with Crippen LogP contribution in [0, 0.1) is 0 Å². The number of carbonyl (C=O) groups excluding carboxylic acids is 1. The van der Waals surface area contributed by atoms with Gasteiger partial charge in [0, 0.05) is 57.5 Å². The summed E-state index contributed by atoms with van der Waals surface area (Å²) in [5, 5.41) is 0. The first-order valence-electron chi connectivity index (χ1n) is 12.2. The molecule has 2 aromatic carbocycles. The first-order chi connectivity index (χ1) is 15.8. The summed E-state index contributed by atoms with van der Waals surface area (Å²) in [6.07, 6.45) is 3.16. The predicted octanol–water partition coefficient (Wildman–Crippen LogP) is 3.99. The molecule has 0 bridgehead atoms. The van der Waals surface area contributed by atoms with Gasteiger partial charge in [-0.1, -0.05) is 55.5 Å². The molecule has 32 heavy (non-hydrogen) atoms. The number of anilines is 1. The number of amides is 1. The van der Waals surface area contributed by atoms with E-state index in [4.69, 9.17) is 4.74 Å². The van der Waals surface area contributed by atoms with Gasteiger partial charge in [0.25, 0.3) is 0 Å². The third-order valence-corrected chi connectivity index (χ3v) is 6.70. The summed E-state index contributed by atoms with van der Waals surface area (Å²) in [5.74, 6) is 0.578. The smallest absolute Gasteiger partial charge is 0.241 e. The van der Waals surface area contributed by atoms with Crippen molar-refractivity contribution in [3.8, 4) is 0 Å². The average molecular weight is 436 g/mol. The molecule has 1 saturated heterocycles. The highest BCUT2D eigenvalue weighted by atomic mass is 16.5. The lowest BCUT2D eigenvalue weighted by molar-refractivity contribution is -0.120. The van der Waals surface area contributed by atoms with Crippen LogP contribution < -0.4 is 4.90 Å². The second kappa shape index (κ2) is 11.6. The second-order valence-electron chi connectivity index (χ2n) is 8.94. The maximum Gasteiger partial charge on any atom is 0.241 e. The van der Waals surface area contributed by atoms with E-state index in [0.29, 0.717) is 12.5 Å². The summed E-state index contributed by atoms with van der Waals surface area (Å²) < 4.78 is 5.63. The number of carbonyl (C=O) groups is 1. The Bertz CT molecular complexity index is 849. The third kappa shape index (κ3) is 5.77. The number of para-hydroxylation sites is 1. The molecule has 0 saturated carbocycles. The molecule has 0 radical (unpaired) electrons. The van der Waals surface area contributed by atoms with Crippen molar-refractivity contribution < 1.29 is 9.53 Å². The monoisotopic (exact) mass is 435 g/mol. The summed E-state index contributed by atoms with van der Waals surface area (Å²) in [5.41, 5.74) is 3.71. The molecule has 4 rings (SSSR count). The zero-order valence-electron chi connectivity index (χ0n) is 19.4. The zero-order chi connectivity index (χ0) is 22.2. The summed E-state index contributed by atoms with van der Waals surface area (Å²) in [7, 11) is 0. The van der Waals surface area contributed by atoms with Crippen LogP contribution in [-0.2, 0) is 9.53 Å². The van der Waals surface area contributed by atoms with Crippen molar-refractivity contribution in [3.63, 3.8) is 0 Å². The van der Waals surface area contributed by atoms with E-state index in [2.05, 4.69) is 71.3 Å². The largest absolute Gasteiger partial charge is 0.380 e. The quantitative estimate of drug-likeness (QED) is 0.588. The van der Waals surface area contributed by atoms with Gasteiger partial charge < -0.3 is 9.64 Å². The molecule has 1 atom stereocenters. The van der Waals surface area contributed by atoms with Gasteiger partial charge in [-0.3, -0.25) is 14.6 Å². The van der Waals surface area contributed by atoms with Crippen LogP contribution in [0.25, 0.3) is 0 Å². The van der Waals surface area contributed by atoms with Crippen LogP contribution in [0.15, 0.2) is 54.6 Å². The lowest BCUT2D eigenvalue weighted by Gasteiger charge is -2.35. The van der Waals surface area contributed by atoms with Gasteiger partial charge in [0.1, 0.15) is 0 Å². The fourth-order valence-electron chi connectivity index (χ4n) is 4.94. The number of hydrogen-bond acceptors (Lipinski definition) is 4. The van der Waals surface area contributed by atoms with Crippen molar-refractivity contribution in [1.82, 2.24) is 9.80 Å². The van der Waals surface area contributed by atoms with E-state index in [9.17, 15) is 4.79 Å². The molecule has 5 heteroatoms. The summed E-state index contributed by atoms with van der Waals surface area (Å²) >= 11 is 0. The van der Waals surface area contributed by atoms with E-state index in [1.807, 2.05) is 4.90 Å². The summed E-state index contributed by atoms with van der Waals surface area (Å²) in [6, 6.07) is 19.2. The maximum absolute atomic E-state index is 13.4. The fourth-order valence-corrected chi connectivity index (χ4v) is 4.94. The minimum absolute atomic E-state index is 0.228. The van der Waals surface area contributed by atoms with Gasteiger partial charge in [-0.2, -0.15) is 0 Å². The normalized spacial score (nSPS) is 20.0. The molecule has 0 spiro atoms. The molecule has 1 amide bonds. The highest BCUT2D eigenvalue weighted by molar-refractivity contribution is 5.96. The lowest BCUT2D eigenvalue weighted by atomic mass is 9.87. The number of piperazine rings is 1. The summed E-state index contributed by atoms with van der Waals surface area (Å²) in [6.45, 7) is 9.99. The Morgan fingerprint density at radius 2 is 1.62 bits per heavy atom. The molecule has 2 aliphatic rings. The molecular weight excluding hydrogens is 398 g/mol. The molecule has 2 aromatic rings. The van der Waals surface area contributed by atoms with E-state index in [1.165, 1.54) is 11.1 Å². The van der Waals surface area contributed by atoms with Crippen LogP contribution in [0.5, 0.6) is 0 Å². The van der Waals surface area contributed by atoms with Gasteiger partial charge in [-0.25, -0.2) is 0 Å². The molecule has 5 nitrogen and oxygen atoms in total. The Balaban J connectivity index is 1.37. The van der Waals surface area contributed by atoms with Crippen LogP contribution in [-0.4, -0.2) is 74.7 Å². The standard InChI is InChI=1S/C27H37N3O2/c1-2-20-32-21-19-28-15-17-29(18-16-28)22-27(31)30-14-8-12-24(23-9-4-3-5-10-23)25-11-6-7-13-26(25)30/h3-7,9-11,13,24H,2,8,12,14-22H2,1H3. The molecular formula is C27H37N3O2. The van der Waals surface area contributed by atoms with E-state index in [-0.39, 0.29) is 5.91 Å². The third-order valence-electron chi connectivity index (χ3n) is 6.70. The number of ether oxygens (including phenoxy) is 1. The fraction of sp³-hybridized carbons (Fsp3) is 0.519. The number of hydrogen-bond donors (Lipinski definition) is 0.